The molecule has 1 atom stereocenters. The van der Waals surface area contributed by atoms with Gasteiger partial charge in [0.25, 0.3) is 0 Å². The number of hydrogen-bond donors (Lipinski definition) is 1. The summed E-state index contributed by atoms with van der Waals surface area (Å²) in [6.07, 6.45) is 6.21. The Balaban J connectivity index is 1.42. The van der Waals surface area contributed by atoms with Gasteiger partial charge < -0.3 is 0 Å². The van der Waals surface area contributed by atoms with Crippen molar-refractivity contribution in [2.24, 2.45) is 7.05 Å². The average Bonchev–Trinajstić information content (AvgIpc) is 3.33. The van der Waals surface area contributed by atoms with Crippen LogP contribution in [0.4, 0.5) is 10.5 Å². The Labute approximate surface area is 164 Å². The maximum atomic E-state index is 13.1. The number of quaternary nitrogens is 1. The molecule has 3 heterocycles. The minimum absolute atomic E-state index is 0.0101. The molecule has 2 aromatic heterocycles. The lowest BCUT2D eigenvalue weighted by molar-refractivity contribution is -0.848. The molecule has 0 saturated heterocycles. The normalized spacial score (nSPS) is 20.8. The van der Waals surface area contributed by atoms with Crippen LogP contribution >= 0.6 is 0 Å². The number of benzene rings is 1. The van der Waals surface area contributed by atoms with E-state index in [-0.39, 0.29) is 10.5 Å². The van der Waals surface area contributed by atoms with Gasteiger partial charge in [0.1, 0.15) is 18.8 Å². The van der Waals surface area contributed by atoms with Crippen LogP contribution in [0.1, 0.15) is 35.6 Å². The van der Waals surface area contributed by atoms with Crippen LogP contribution in [0, 0.1) is 0 Å². The molecule has 142 valence electrons. The second kappa shape index (κ2) is 6.27. The van der Waals surface area contributed by atoms with Gasteiger partial charge in [-0.15, -0.1) is 0 Å². The van der Waals surface area contributed by atoms with E-state index >= 15 is 0 Å². The van der Waals surface area contributed by atoms with Crippen molar-refractivity contribution in [3.8, 4) is 11.3 Å². The number of amides is 2. The second-order valence-electron chi connectivity index (χ2n) is 8.20. The van der Waals surface area contributed by atoms with E-state index in [1.165, 1.54) is 18.4 Å². The molecule has 2 aliphatic rings. The minimum atomic E-state index is -0.0101. The van der Waals surface area contributed by atoms with Crippen LogP contribution in [-0.4, -0.2) is 32.3 Å². The fourth-order valence-corrected chi connectivity index (χ4v) is 4.09. The van der Waals surface area contributed by atoms with E-state index in [9.17, 15) is 4.79 Å². The number of aryl methyl sites for hydroxylation is 1. The molecule has 1 aliphatic heterocycles. The Morgan fingerprint density at radius 2 is 2.07 bits per heavy atom. The van der Waals surface area contributed by atoms with Crippen LogP contribution in [0.15, 0.2) is 48.8 Å². The molecule has 0 spiro atoms. The molecule has 0 bridgehead atoms. The predicted octanol–water partition coefficient (Wildman–Crippen LogP) is 4.05. The lowest BCUT2D eigenvalue weighted by Crippen LogP contribution is -2.47. The number of hydrogen-bond acceptors (Lipinski definition) is 3. The third kappa shape index (κ3) is 2.99. The number of urea groups is 1. The van der Waals surface area contributed by atoms with E-state index in [1.807, 2.05) is 43.2 Å². The number of fused-ring (bicyclic) bond motifs is 1. The molecule has 1 saturated carbocycles. The van der Waals surface area contributed by atoms with Gasteiger partial charge in [-0.2, -0.15) is 5.10 Å². The highest BCUT2D eigenvalue weighted by Crippen LogP contribution is 2.45. The molecule has 1 fully saturated rings. The summed E-state index contributed by atoms with van der Waals surface area (Å²) in [5.41, 5.74) is 6.39. The number of nitrogens with zero attached hydrogens (tertiary/aromatic N) is 4. The van der Waals surface area contributed by atoms with E-state index in [1.54, 1.807) is 6.20 Å². The topological polar surface area (TPSA) is 59.8 Å². The number of nitrogens with one attached hydrogen (secondary N) is 1. The first-order valence-corrected chi connectivity index (χ1v) is 9.75. The molecule has 28 heavy (non-hydrogen) atoms. The highest BCUT2D eigenvalue weighted by molar-refractivity contribution is 5.86. The number of pyridine rings is 1. The fraction of sp³-hybridized carbons (Fsp3) is 0.318. The Morgan fingerprint density at radius 3 is 2.79 bits per heavy atom. The van der Waals surface area contributed by atoms with Crippen LogP contribution in [0.5, 0.6) is 0 Å². The quantitative estimate of drug-likeness (QED) is 0.704. The molecule has 1 aromatic carbocycles. The highest BCUT2D eigenvalue weighted by atomic mass is 16.2. The van der Waals surface area contributed by atoms with Gasteiger partial charge in [0.2, 0.25) is 0 Å². The van der Waals surface area contributed by atoms with Gasteiger partial charge in [-0.25, -0.2) is 9.28 Å². The lowest BCUT2D eigenvalue weighted by Gasteiger charge is -2.25. The fourth-order valence-electron chi connectivity index (χ4n) is 4.09. The molecule has 6 heteroatoms. The second-order valence-corrected chi connectivity index (χ2v) is 8.20. The first-order valence-electron chi connectivity index (χ1n) is 9.75. The van der Waals surface area contributed by atoms with Gasteiger partial charge in [0, 0.05) is 36.3 Å². The standard InChI is InChI=1S/C22H23N5O/c1-26-11-9-20(25-26)19-12-17(7-8-18(19)15-5-6-15)24-22(28)27(2)13-16-4-3-10-23-21(16)14-27/h3-4,7-12,15H,5-6,13-14H2,1-2H3/p+1. The number of anilines is 1. The molecule has 1 unspecified atom stereocenters. The molecular weight excluding hydrogens is 350 g/mol. The monoisotopic (exact) mass is 374 g/mol. The van der Waals surface area contributed by atoms with E-state index in [0.717, 1.165) is 28.2 Å². The zero-order chi connectivity index (χ0) is 19.3. The molecule has 3 aromatic rings. The summed E-state index contributed by atoms with van der Waals surface area (Å²) >= 11 is 0. The van der Waals surface area contributed by atoms with E-state index in [0.29, 0.717) is 19.0 Å². The van der Waals surface area contributed by atoms with Crippen molar-refractivity contribution in [3.63, 3.8) is 0 Å². The van der Waals surface area contributed by atoms with Crippen LogP contribution in [0.25, 0.3) is 11.3 Å². The third-order valence-electron chi connectivity index (χ3n) is 5.80. The first-order chi connectivity index (χ1) is 13.5. The van der Waals surface area contributed by atoms with Crippen LogP contribution in [-0.2, 0) is 20.1 Å². The van der Waals surface area contributed by atoms with Gasteiger partial charge in [-0.3, -0.25) is 15.0 Å². The average molecular weight is 374 g/mol. The van der Waals surface area contributed by atoms with Crippen molar-refractivity contribution >= 4 is 11.7 Å². The van der Waals surface area contributed by atoms with Gasteiger partial charge in [0.15, 0.2) is 0 Å². The SMILES string of the molecule is Cn1ccc(-c2cc(NC(=O)[N+]3(C)Cc4cccnc4C3)ccc2C2CC2)n1. The van der Waals surface area contributed by atoms with E-state index in [2.05, 4.69) is 33.6 Å². The summed E-state index contributed by atoms with van der Waals surface area (Å²) < 4.78 is 2.10. The summed E-state index contributed by atoms with van der Waals surface area (Å²) in [6.45, 7) is 1.29. The van der Waals surface area contributed by atoms with Crippen molar-refractivity contribution in [1.82, 2.24) is 14.8 Å². The van der Waals surface area contributed by atoms with Crippen molar-refractivity contribution in [2.45, 2.75) is 31.8 Å². The summed E-state index contributed by atoms with van der Waals surface area (Å²) in [5.74, 6) is 0.616. The largest absolute Gasteiger partial charge is 0.421 e. The zero-order valence-electron chi connectivity index (χ0n) is 16.2. The van der Waals surface area contributed by atoms with E-state index < -0.39 is 0 Å². The van der Waals surface area contributed by atoms with Crippen LogP contribution in [0.2, 0.25) is 0 Å². The predicted molar refractivity (Wildman–Crippen MR) is 107 cm³/mol. The number of aromatic nitrogens is 3. The minimum Gasteiger partial charge on any atom is -0.275 e. The highest BCUT2D eigenvalue weighted by Gasteiger charge is 2.40. The molecular formula is C22H24N5O+. The maximum absolute atomic E-state index is 13.1. The third-order valence-corrected chi connectivity index (χ3v) is 5.80. The van der Waals surface area contributed by atoms with Crippen molar-refractivity contribution in [3.05, 3.63) is 65.6 Å². The molecule has 0 radical (unpaired) electrons. The van der Waals surface area contributed by atoms with Crippen molar-refractivity contribution in [1.29, 1.82) is 0 Å². The number of carbonyl (C=O) groups excluding carboxylic acids is 1. The summed E-state index contributed by atoms with van der Waals surface area (Å²) in [6, 6.07) is 12.3. The van der Waals surface area contributed by atoms with E-state index in [4.69, 9.17) is 0 Å². The maximum Gasteiger partial charge on any atom is 0.421 e. The van der Waals surface area contributed by atoms with Gasteiger partial charge in [-0.05, 0) is 54.7 Å². The summed E-state index contributed by atoms with van der Waals surface area (Å²) in [7, 11) is 3.89. The van der Waals surface area contributed by atoms with Gasteiger partial charge in [0.05, 0.1) is 12.7 Å². The number of rotatable bonds is 3. The Morgan fingerprint density at radius 1 is 1.21 bits per heavy atom. The first kappa shape index (κ1) is 17.1. The molecule has 1 N–H and O–H groups in total. The zero-order valence-corrected chi connectivity index (χ0v) is 16.2. The molecule has 6 nitrogen and oxygen atoms in total. The van der Waals surface area contributed by atoms with Crippen molar-refractivity contribution in [2.75, 3.05) is 12.4 Å². The number of carbonyl (C=O) groups is 1. The summed E-state index contributed by atoms with van der Waals surface area (Å²) in [5, 5.41) is 7.72. The van der Waals surface area contributed by atoms with Gasteiger partial charge in [-0.1, -0.05) is 6.07 Å². The molecule has 1 aliphatic carbocycles. The van der Waals surface area contributed by atoms with Crippen molar-refractivity contribution < 1.29 is 9.28 Å². The smallest absolute Gasteiger partial charge is 0.275 e. The molecule has 5 rings (SSSR count). The Kier molecular flexibility index (Phi) is 3.84. The Hall–Kier alpha value is -2.99. The lowest BCUT2D eigenvalue weighted by atomic mass is 10.00. The molecule has 2 amide bonds. The van der Waals surface area contributed by atoms with Gasteiger partial charge >= 0.3 is 6.03 Å². The van der Waals surface area contributed by atoms with Crippen LogP contribution in [0.3, 0.4) is 0 Å². The summed E-state index contributed by atoms with van der Waals surface area (Å²) in [4.78, 5) is 17.5. The Bertz CT molecular complexity index is 1040. The van der Waals surface area contributed by atoms with Crippen LogP contribution < -0.4 is 5.32 Å².